The van der Waals surface area contributed by atoms with Gasteiger partial charge in [0.15, 0.2) is 5.65 Å². The summed E-state index contributed by atoms with van der Waals surface area (Å²) in [7, 11) is -0.373. The van der Waals surface area contributed by atoms with Crippen molar-refractivity contribution >= 4 is 23.6 Å². The summed E-state index contributed by atoms with van der Waals surface area (Å²) in [5, 5.41) is 7.74. The lowest BCUT2D eigenvalue weighted by atomic mass is 9.80. The molecule has 0 atom stereocenters. The van der Waals surface area contributed by atoms with E-state index in [1.54, 1.807) is 12.4 Å². The fourth-order valence-electron chi connectivity index (χ4n) is 1.96. The first-order valence-corrected chi connectivity index (χ1v) is 6.04. The molecule has 1 aliphatic rings. The van der Waals surface area contributed by atoms with Gasteiger partial charge in [0.05, 0.1) is 17.4 Å². The van der Waals surface area contributed by atoms with Crippen molar-refractivity contribution < 1.29 is 9.31 Å². The predicted octanol–water partition coefficient (Wildman–Crippen LogP) is 1.26. The van der Waals surface area contributed by atoms with Gasteiger partial charge in [-0.1, -0.05) is 0 Å². The SMILES string of the molecule is CC1(C)OB(c2cnc3[nH]ncc3c2)OC1(C)C. The predicted molar refractivity (Wildman–Crippen MR) is 69.6 cm³/mol. The van der Waals surface area contributed by atoms with Crippen LogP contribution in [-0.4, -0.2) is 33.5 Å². The number of aromatic amines is 1. The number of rotatable bonds is 1. The van der Waals surface area contributed by atoms with Crippen LogP contribution < -0.4 is 5.46 Å². The lowest BCUT2D eigenvalue weighted by Crippen LogP contribution is -2.41. The van der Waals surface area contributed by atoms with E-state index in [4.69, 9.17) is 9.31 Å². The zero-order valence-electron chi connectivity index (χ0n) is 11.0. The molecule has 0 aromatic carbocycles. The number of nitrogens with one attached hydrogen (secondary N) is 1. The van der Waals surface area contributed by atoms with E-state index >= 15 is 0 Å². The Bertz CT molecular complexity index is 578. The summed E-state index contributed by atoms with van der Waals surface area (Å²) in [4.78, 5) is 4.30. The molecule has 0 bridgehead atoms. The number of aromatic nitrogens is 3. The van der Waals surface area contributed by atoms with Crippen LogP contribution in [0.5, 0.6) is 0 Å². The third kappa shape index (κ3) is 1.64. The Morgan fingerprint density at radius 2 is 1.78 bits per heavy atom. The van der Waals surface area contributed by atoms with Gasteiger partial charge in [-0.2, -0.15) is 5.10 Å². The highest BCUT2D eigenvalue weighted by atomic mass is 16.7. The fourth-order valence-corrected chi connectivity index (χ4v) is 1.96. The second kappa shape index (κ2) is 3.55. The molecule has 0 aliphatic carbocycles. The van der Waals surface area contributed by atoms with Gasteiger partial charge in [0.25, 0.3) is 0 Å². The first-order valence-electron chi connectivity index (χ1n) is 6.04. The highest BCUT2D eigenvalue weighted by Gasteiger charge is 2.51. The van der Waals surface area contributed by atoms with Crippen molar-refractivity contribution in [3.05, 3.63) is 18.5 Å². The van der Waals surface area contributed by atoms with E-state index in [1.807, 2.05) is 33.8 Å². The average molecular weight is 245 g/mol. The van der Waals surface area contributed by atoms with E-state index < -0.39 is 0 Å². The maximum absolute atomic E-state index is 5.98. The van der Waals surface area contributed by atoms with Crippen LogP contribution in [0.4, 0.5) is 0 Å². The summed E-state index contributed by atoms with van der Waals surface area (Å²) in [6.07, 6.45) is 3.51. The molecule has 6 heteroatoms. The van der Waals surface area contributed by atoms with Gasteiger partial charge < -0.3 is 9.31 Å². The molecule has 94 valence electrons. The molecule has 2 aromatic rings. The Kier molecular flexibility index (Phi) is 2.31. The molecule has 3 heterocycles. The molecule has 0 radical (unpaired) electrons. The van der Waals surface area contributed by atoms with Crippen molar-refractivity contribution in [2.24, 2.45) is 0 Å². The standard InChI is InChI=1S/C12H16BN3O2/c1-11(2)12(3,4)18-13(17-11)9-5-8-6-15-16-10(8)14-7-9/h5-7H,1-4H3,(H,14,15,16). The lowest BCUT2D eigenvalue weighted by molar-refractivity contribution is 0.00578. The van der Waals surface area contributed by atoms with Crippen LogP contribution >= 0.6 is 0 Å². The molecule has 1 aliphatic heterocycles. The number of hydrogen-bond donors (Lipinski definition) is 1. The van der Waals surface area contributed by atoms with E-state index in [1.165, 1.54) is 0 Å². The summed E-state index contributed by atoms with van der Waals surface area (Å²) in [6.45, 7) is 8.15. The van der Waals surface area contributed by atoms with Crippen LogP contribution in [-0.2, 0) is 9.31 Å². The number of fused-ring (bicyclic) bond motifs is 1. The van der Waals surface area contributed by atoms with Crippen molar-refractivity contribution in [3.63, 3.8) is 0 Å². The molecule has 3 rings (SSSR count). The minimum absolute atomic E-state index is 0.330. The van der Waals surface area contributed by atoms with Crippen LogP contribution in [0.1, 0.15) is 27.7 Å². The van der Waals surface area contributed by atoms with Crippen LogP contribution in [0, 0.1) is 0 Å². The van der Waals surface area contributed by atoms with E-state index in [0.717, 1.165) is 16.5 Å². The number of hydrogen-bond acceptors (Lipinski definition) is 4. The highest BCUT2D eigenvalue weighted by Crippen LogP contribution is 2.36. The molecular weight excluding hydrogens is 229 g/mol. The minimum atomic E-state index is -0.373. The van der Waals surface area contributed by atoms with Crippen LogP contribution in [0.3, 0.4) is 0 Å². The summed E-state index contributed by atoms with van der Waals surface area (Å²) >= 11 is 0. The molecule has 5 nitrogen and oxygen atoms in total. The number of nitrogens with zero attached hydrogens (tertiary/aromatic N) is 2. The maximum Gasteiger partial charge on any atom is 0.496 e. The van der Waals surface area contributed by atoms with Crippen molar-refractivity contribution in [3.8, 4) is 0 Å². The Morgan fingerprint density at radius 3 is 2.44 bits per heavy atom. The van der Waals surface area contributed by atoms with Crippen LogP contribution in [0.2, 0.25) is 0 Å². The van der Waals surface area contributed by atoms with Crippen molar-refractivity contribution in [1.29, 1.82) is 0 Å². The van der Waals surface area contributed by atoms with Gasteiger partial charge in [0, 0.05) is 17.0 Å². The molecule has 1 saturated heterocycles. The Hall–Kier alpha value is -1.40. The fraction of sp³-hybridized carbons (Fsp3) is 0.500. The molecule has 0 amide bonds. The van der Waals surface area contributed by atoms with E-state index in [-0.39, 0.29) is 18.3 Å². The molecule has 0 unspecified atom stereocenters. The monoisotopic (exact) mass is 245 g/mol. The molecule has 0 spiro atoms. The van der Waals surface area contributed by atoms with Gasteiger partial charge >= 0.3 is 7.12 Å². The van der Waals surface area contributed by atoms with Crippen molar-refractivity contribution in [2.45, 2.75) is 38.9 Å². The van der Waals surface area contributed by atoms with Crippen LogP contribution in [0.25, 0.3) is 11.0 Å². The lowest BCUT2D eigenvalue weighted by Gasteiger charge is -2.32. The van der Waals surface area contributed by atoms with E-state index in [2.05, 4.69) is 15.2 Å². The van der Waals surface area contributed by atoms with Crippen molar-refractivity contribution in [1.82, 2.24) is 15.2 Å². The van der Waals surface area contributed by atoms with Gasteiger partial charge in [-0.25, -0.2) is 4.98 Å². The van der Waals surface area contributed by atoms with Gasteiger partial charge in [-0.05, 0) is 33.8 Å². The smallest absolute Gasteiger partial charge is 0.399 e. The molecular formula is C12H16BN3O2. The topological polar surface area (TPSA) is 60.0 Å². The number of H-pyrrole nitrogens is 1. The summed E-state index contributed by atoms with van der Waals surface area (Å²) in [6, 6.07) is 1.99. The van der Waals surface area contributed by atoms with Gasteiger partial charge in [0.2, 0.25) is 0 Å². The second-order valence-corrected chi connectivity index (χ2v) is 5.66. The third-order valence-electron chi connectivity index (χ3n) is 3.84. The summed E-state index contributed by atoms with van der Waals surface area (Å²) in [5.41, 5.74) is 1.03. The van der Waals surface area contributed by atoms with Gasteiger partial charge in [0.1, 0.15) is 0 Å². The molecule has 1 N–H and O–H groups in total. The van der Waals surface area contributed by atoms with E-state index in [0.29, 0.717) is 0 Å². The van der Waals surface area contributed by atoms with Crippen LogP contribution in [0.15, 0.2) is 18.5 Å². The minimum Gasteiger partial charge on any atom is -0.399 e. The largest absolute Gasteiger partial charge is 0.496 e. The number of pyridine rings is 1. The van der Waals surface area contributed by atoms with Crippen molar-refractivity contribution in [2.75, 3.05) is 0 Å². The van der Waals surface area contributed by atoms with E-state index in [9.17, 15) is 0 Å². The Labute approximate surface area is 106 Å². The summed E-state index contributed by atoms with van der Waals surface area (Å²) < 4.78 is 12.0. The summed E-state index contributed by atoms with van der Waals surface area (Å²) in [5.74, 6) is 0. The zero-order chi connectivity index (χ0) is 13.0. The first kappa shape index (κ1) is 11.7. The highest BCUT2D eigenvalue weighted by molar-refractivity contribution is 6.62. The third-order valence-corrected chi connectivity index (χ3v) is 3.84. The normalized spacial score (nSPS) is 21.7. The molecule has 2 aromatic heterocycles. The Balaban J connectivity index is 1.96. The average Bonchev–Trinajstić information content (AvgIpc) is 2.80. The Morgan fingerprint density at radius 1 is 1.11 bits per heavy atom. The van der Waals surface area contributed by atoms with Gasteiger partial charge in [-0.15, -0.1) is 0 Å². The molecule has 1 fully saturated rings. The zero-order valence-corrected chi connectivity index (χ0v) is 11.0. The molecule has 0 saturated carbocycles. The second-order valence-electron chi connectivity index (χ2n) is 5.66. The maximum atomic E-state index is 5.98. The first-order chi connectivity index (χ1) is 8.39. The van der Waals surface area contributed by atoms with Gasteiger partial charge in [-0.3, -0.25) is 5.10 Å². The quantitative estimate of drug-likeness (QED) is 0.768. The molecule has 18 heavy (non-hydrogen) atoms.